The molecule has 9 nitrogen and oxygen atoms in total. The van der Waals surface area contributed by atoms with Crippen LogP contribution in [-0.2, 0) is 11.2 Å². The molecule has 4 aromatic rings. The Morgan fingerprint density at radius 2 is 1.97 bits per heavy atom. The van der Waals surface area contributed by atoms with Crippen LogP contribution in [0.5, 0.6) is 11.5 Å². The summed E-state index contributed by atoms with van der Waals surface area (Å²) in [5, 5.41) is 6.97. The van der Waals surface area contributed by atoms with Crippen LogP contribution in [-0.4, -0.2) is 35.5 Å². The number of aromatic amines is 1. The number of aromatic nitrogens is 2. The predicted molar refractivity (Wildman–Crippen MR) is 139 cm³/mol. The molecule has 0 fully saturated rings. The van der Waals surface area contributed by atoms with Gasteiger partial charge in [0, 0.05) is 11.3 Å². The number of nitrogens with zero attached hydrogens (tertiary/aromatic N) is 2. The van der Waals surface area contributed by atoms with E-state index in [4.69, 9.17) is 9.47 Å². The maximum absolute atomic E-state index is 13.4. The molecule has 0 saturated heterocycles. The highest BCUT2D eigenvalue weighted by atomic mass is 19.1. The van der Waals surface area contributed by atoms with Crippen molar-refractivity contribution in [1.82, 2.24) is 9.66 Å². The quantitative estimate of drug-likeness (QED) is 0.269. The first kappa shape index (κ1) is 25.1. The Hall–Kier alpha value is -4.99. The predicted octanol–water partition coefficient (Wildman–Crippen LogP) is 3.47. The van der Waals surface area contributed by atoms with Crippen LogP contribution in [0, 0.1) is 5.82 Å². The van der Waals surface area contributed by atoms with Crippen LogP contribution < -0.4 is 26.0 Å². The number of carbonyl (C=O) groups excluding carboxylic acids is 1. The molecule has 0 saturated carbocycles. The highest BCUT2D eigenvalue weighted by Crippen LogP contribution is 2.33. The third-order valence-corrected chi connectivity index (χ3v) is 5.30. The number of nitrogens with one attached hydrogen (secondary N) is 2. The number of hydrogen-bond donors (Lipinski definition) is 2. The van der Waals surface area contributed by atoms with Gasteiger partial charge in [-0.2, -0.15) is 5.10 Å². The zero-order valence-electron chi connectivity index (χ0n) is 19.9. The number of allylic oxidation sites excluding steroid dienone is 1. The Balaban J connectivity index is 1.60. The van der Waals surface area contributed by atoms with Gasteiger partial charge in [0.2, 0.25) is 0 Å². The van der Waals surface area contributed by atoms with Gasteiger partial charge in [-0.25, -0.2) is 9.18 Å². The lowest BCUT2D eigenvalue weighted by Crippen LogP contribution is -2.32. The smallest absolute Gasteiger partial charge is 0.349 e. The van der Waals surface area contributed by atoms with E-state index in [1.165, 1.54) is 31.5 Å². The number of amides is 1. The third kappa shape index (κ3) is 5.81. The van der Waals surface area contributed by atoms with Crippen LogP contribution in [0.1, 0.15) is 11.1 Å². The number of carbonyl (C=O) groups is 1. The monoisotopic (exact) mass is 502 g/mol. The summed E-state index contributed by atoms with van der Waals surface area (Å²) in [7, 11) is 1.44. The second-order valence-electron chi connectivity index (χ2n) is 7.89. The van der Waals surface area contributed by atoms with Gasteiger partial charge in [-0.3, -0.25) is 9.59 Å². The number of hydrogen-bond acceptors (Lipinski definition) is 6. The zero-order valence-corrected chi connectivity index (χ0v) is 19.9. The van der Waals surface area contributed by atoms with E-state index in [0.29, 0.717) is 45.6 Å². The van der Waals surface area contributed by atoms with E-state index in [2.05, 4.69) is 22.0 Å². The molecule has 1 aromatic heterocycles. The Bertz CT molecular complexity index is 1620. The fraction of sp³-hybridized carbons (Fsp3) is 0.111. The van der Waals surface area contributed by atoms with E-state index in [1.807, 2.05) is 0 Å². The molecule has 0 aliphatic heterocycles. The minimum absolute atomic E-state index is 0.303. The molecule has 3 aromatic carbocycles. The lowest BCUT2D eigenvalue weighted by Gasteiger charge is -2.15. The fourth-order valence-corrected chi connectivity index (χ4v) is 3.66. The number of fused-ring (bicyclic) bond motifs is 1. The number of halogens is 1. The summed E-state index contributed by atoms with van der Waals surface area (Å²) in [5.41, 5.74) is 0.638. The molecule has 10 heteroatoms. The van der Waals surface area contributed by atoms with Gasteiger partial charge in [-0.05, 0) is 54.4 Å². The van der Waals surface area contributed by atoms with E-state index >= 15 is 0 Å². The number of methoxy groups -OCH3 is 1. The van der Waals surface area contributed by atoms with Gasteiger partial charge in [-0.1, -0.05) is 24.3 Å². The van der Waals surface area contributed by atoms with Crippen molar-refractivity contribution < 1.29 is 18.7 Å². The van der Waals surface area contributed by atoms with E-state index in [1.54, 1.807) is 48.5 Å². The van der Waals surface area contributed by atoms with Crippen molar-refractivity contribution in [2.75, 3.05) is 19.0 Å². The highest BCUT2D eigenvalue weighted by Gasteiger charge is 2.15. The molecule has 1 heterocycles. The minimum atomic E-state index is -0.678. The molecule has 37 heavy (non-hydrogen) atoms. The lowest BCUT2D eigenvalue weighted by molar-refractivity contribution is -0.118. The maximum Gasteiger partial charge on any atom is 0.349 e. The Labute approximate surface area is 210 Å². The van der Waals surface area contributed by atoms with Crippen molar-refractivity contribution in [2.45, 2.75) is 6.42 Å². The van der Waals surface area contributed by atoms with Crippen molar-refractivity contribution in [3.63, 3.8) is 0 Å². The molecular weight excluding hydrogens is 479 g/mol. The van der Waals surface area contributed by atoms with Gasteiger partial charge in [0.05, 0.1) is 24.2 Å². The maximum atomic E-state index is 13.4. The molecular formula is C27H23FN4O5. The lowest BCUT2D eigenvalue weighted by atomic mass is 10.1. The molecule has 0 unspecified atom stereocenters. The number of H-pyrrole nitrogens is 1. The van der Waals surface area contributed by atoms with Crippen molar-refractivity contribution in [1.29, 1.82) is 0 Å². The average Bonchev–Trinajstić information content (AvgIpc) is 2.88. The summed E-state index contributed by atoms with van der Waals surface area (Å²) in [6.45, 7) is 3.40. The van der Waals surface area contributed by atoms with Crippen LogP contribution in [0.2, 0.25) is 0 Å². The summed E-state index contributed by atoms with van der Waals surface area (Å²) >= 11 is 0. The summed E-state index contributed by atoms with van der Waals surface area (Å²) in [6, 6.07) is 15.5. The molecule has 0 aliphatic rings. The summed E-state index contributed by atoms with van der Waals surface area (Å²) in [4.78, 5) is 40.1. The third-order valence-electron chi connectivity index (χ3n) is 5.30. The second-order valence-corrected chi connectivity index (χ2v) is 7.89. The molecule has 4 rings (SSSR count). The first-order valence-corrected chi connectivity index (χ1v) is 11.2. The van der Waals surface area contributed by atoms with Gasteiger partial charge < -0.3 is 19.8 Å². The van der Waals surface area contributed by atoms with Gasteiger partial charge in [-0.15, -0.1) is 11.3 Å². The van der Waals surface area contributed by atoms with Crippen molar-refractivity contribution in [3.05, 3.63) is 111 Å². The molecule has 0 spiro atoms. The second kappa shape index (κ2) is 11.2. The molecule has 188 valence electrons. The first-order valence-electron chi connectivity index (χ1n) is 11.2. The SMILES string of the molecule is C=CCc1cc(C=Nn2c(=O)[nH]c3ccccc3c2=O)cc(OC)c1OCC(=O)Nc1cccc(F)c1. The van der Waals surface area contributed by atoms with Crippen molar-refractivity contribution in [2.24, 2.45) is 5.10 Å². The summed E-state index contributed by atoms with van der Waals surface area (Å²) < 4.78 is 25.3. The molecule has 0 bridgehead atoms. The van der Waals surface area contributed by atoms with Crippen LogP contribution in [0.3, 0.4) is 0 Å². The Kier molecular flexibility index (Phi) is 7.58. The van der Waals surface area contributed by atoms with E-state index in [-0.39, 0.29) is 6.61 Å². The number of rotatable bonds is 9. The van der Waals surface area contributed by atoms with E-state index < -0.39 is 23.0 Å². The van der Waals surface area contributed by atoms with Crippen LogP contribution >= 0.6 is 0 Å². The van der Waals surface area contributed by atoms with E-state index in [9.17, 15) is 18.8 Å². The molecule has 2 N–H and O–H groups in total. The van der Waals surface area contributed by atoms with Gasteiger partial charge in [0.15, 0.2) is 18.1 Å². The first-order chi connectivity index (χ1) is 17.9. The van der Waals surface area contributed by atoms with Gasteiger partial charge in [0.25, 0.3) is 11.5 Å². The molecule has 0 aliphatic carbocycles. The fourth-order valence-electron chi connectivity index (χ4n) is 3.66. The minimum Gasteiger partial charge on any atom is -0.493 e. The number of ether oxygens (including phenoxy) is 2. The molecule has 1 amide bonds. The number of anilines is 1. The zero-order chi connectivity index (χ0) is 26.4. The van der Waals surface area contributed by atoms with Gasteiger partial charge in [0.1, 0.15) is 5.82 Å². The van der Waals surface area contributed by atoms with Crippen molar-refractivity contribution >= 4 is 28.7 Å². The average molecular weight is 503 g/mol. The highest BCUT2D eigenvalue weighted by molar-refractivity contribution is 5.92. The topological polar surface area (TPSA) is 115 Å². The summed E-state index contributed by atoms with van der Waals surface area (Å²) in [5.74, 6) is -0.342. The normalized spacial score (nSPS) is 11.0. The summed E-state index contributed by atoms with van der Waals surface area (Å²) in [6.07, 6.45) is 3.37. The van der Waals surface area contributed by atoms with Crippen molar-refractivity contribution in [3.8, 4) is 11.5 Å². The standard InChI is InChI=1S/C27H23FN4O5/c1-3-7-18-12-17(15-29-32-26(34)21-10-4-5-11-22(21)31-27(32)35)13-23(36-2)25(18)37-16-24(33)30-20-9-6-8-19(28)14-20/h3-6,8-15H,1,7,16H2,2H3,(H,30,33)(H,31,35). The number of para-hydroxylation sites is 1. The Morgan fingerprint density at radius 3 is 2.73 bits per heavy atom. The van der Waals surface area contributed by atoms with Crippen LogP contribution in [0.4, 0.5) is 10.1 Å². The molecule has 0 radical (unpaired) electrons. The van der Waals surface area contributed by atoms with Crippen LogP contribution in [0.15, 0.2) is 88.0 Å². The molecule has 0 atom stereocenters. The number of benzene rings is 3. The van der Waals surface area contributed by atoms with Gasteiger partial charge >= 0.3 is 5.69 Å². The van der Waals surface area contributed by atoms with E-state index in [0.717, 1.165) is 4.68 Å². The Morgan fingerprint density at radius 1 is 1.16 bits per heavy atom. The van der Waals surface area contributed by atoms with Crippen LogP contribution in [0.25, 0.3) is 10.9 Å². The largest absolute Gasteiger partial charge is 0.493 e.